The molecular weight excluding hydrogens is 266 g/mol. The maximum atomic E-state index is 11.9. The van der Waals surface area contributed by atoms with E-state index in [1.54, 1.807) is 12.1 Å². The zero-order valence-corrected chi connectivity index (χ0v) is 11.0. The molecule has 0 aromatic heterocycles. The van der Waals surface area contributed by atoms with Crippen molar-refractivity contribution in [2.75, 3.05) is 23.7 Å². The standard InChI is InChI=1S/C13H14ClN3O2/c14-9-4-10-8(3-13(19)16-10)2-11(9)17-12(18)1-7-5-15-6-7/h2,4,7,15H,1,3,5-6H2,(H,16,19)(H,17,18). The van der Waals surface area contributed by atoms with E-state index in [1.165, 1.54) is 0 Å². The molecule has 3 rings (SSSR count). The van der Waals surface area contributed by atoms with Crippen molar-refractivity contribution in [1.29, 1.82) is 0 Å². The molecule has 1 aromatic rings. The molecule has 0 radical (unpaired) electrons. The highest BCUT2D eigenvalue weighted by Crippen LogP contribution is 2.33. The monoisotopic (exact) mass is 279 g/mol. The first-order valence-corrected chi connectivity index (χ1v) is 6.62. The van der Waals surface area contributed by atoms with Crippen molar-refractivity contribution in [3.63, 3.8) is 0 Å². The van der Waals surface area contributed by atoms with E-state index in [2.05, 4.69) is 16.0 Å². The number of benzene rings is 1. The fraction of sp³-hybridized carbons (Fsp3) is 0.385. The lowest BCUT2D eigenvalue weighted by molar-refractivity contribution is -0.117. The Morgan fingerprint density at radius 1 is 1.42 bits per heavy atom. The summed E-state index contributed by atoms with van der Waals surface area (Å²) in [6.07, 6.45) is 0.833. The SMILES string of the molecule is O=C(CC1CNC1)Nc1cc2c(cc1Cl)NC(=O)C2. The Balaban J connectivity index is 1.72. The third-order valence-electron chi connectivity index (χ3n) is 3.43. The molecule has 2 aliphatic rings. The second-order valence-electron chi connectivity index (χ2n) is 4.99. The highest BCUT2D eigenvalue weighted by molar-refractivity contribution is 6.34. The first-order chi connectivity index (χ1) is 9.11. The van der Waals surface area contributed by atoms with Crippen molar-refractivity contribution in [1.82, 2.24) is 5.32 Å². The van der Waals surface area contributed by atoms with Crippen LogP contribution in [0.4, 0.5) is 11.4 Å². The van der Waals surface area contributed by atoms with Crippen molar-refractivity contribution in [2.45, 2.75) is 12.8 Å². The number of fused-ring (bicyclic) bond motifs is 1. The van der Waals surface area contributed by atoms with Gasteiger partial charge in [0.05, 0.1) is 17.1 Å². The predicted octanol–water partition coefficient (Wildman–Crippen LogP) is 1.38. The second-order valence-corrected chi connectivity index (χ2v) is 5.40. The third-order valence-corrected chi connectivity index (χ3v) is 3.74. The Morgan fingerprint density at radius 3 is 2.89 bits per heavy atom. The molecule has 2 heterocycles. The van der Waals surface area contributed by atoms with Gasteiger partial charge in [0, 0.05) is 12.1 Å². The number of halogens is 1. The van der Waals surface area contributed by atoms with Crippen molar-refractivity contribution in [2.24, 2.45) is 5.92 Å². The molecule has 2 aliphatic heterocycles. The van der Waals surface area contributed by atoms with Crippen LogP contribution in [0.15, 0.2) is 12.1 Å². The highest BCUT2D eigenvalue weighted by Gasteiger charge is 2.22. The Labute approximate surface area is 115 Å². The second kappa shape index (κ2) is 4.83. The number of amides is 2. The number of carbonyl (C=O) groups is 2. The molecule has 1 saturated heterocycles. The molecular formula is C13H14ClN3O2. The molecule has 0 saturated carbocycles. The Kier molecular flexibility index (Phi) is 3.16. The third kappa shape index (κ3) is 2.57. The van der Waals surface area contributed by atoms with E-state index in [4.69, 9.17) is 11.6 Å². The van der Waals surface area contributed by atoms with E-state index in [9.17, 15) is 9.59 Å². The van der Waals surface area contributed by atoms with Crippen LogP contribution in [0.5, 0.6) is 0 Å². The Bertz CT molecular complexity index is 555. The normalized spacial score (nSPS) is 17.6. The average Bonchev–Trinajstić information content (AvgIpc) is 2.63. The number of carbonyl (C=O) groups excluding carboxylic acids is 2. The van der Waals surface area contributed by atoms with E-state index in [0.29, 0.717) is 29.5 Å². The number of nitrogens with one attached hydrogen (secondary N) is 3. The fourth-order valence-electron chi connectivity index (χ4n) is 2.30. The lowest BCUT2D eigenvalue weighted by Gasteiger charge is -2.26. The minimum atomic E-state index is -0.0462. The topological polar surface area (TPSA) is 70.2 Å². The van der Waals surface area contributed by atoms with Gasteiger partial charge in [0.15, 0.2) is 0 Å². The van der Waals surface area contributed by atoms with Gasteiger partial charge >= 0.3 is 0 Å². The summed E-state index contributed by atoms with van der Waals surface area (Å²) in [5, 5.41) is 9.12. The van der Waals surface area contributed by atoms with Gasteiger partial charge in [-0.25, -0.2) is 0 Å². The summed E-state index contributed by atoms with van der Waals surface area (Å²) in [7, 11) is 0. The van der Waals surface area contributed by atoms with Crippen molar-refractivity contribution in [3.8, 4) is 0 Å². The van der Waals surface area contributed by atoms with Gasteiger partial charge in [-0.3, -0.25) is 9.59 Å². The van der Waals surface area contributed by atoms with Crippen LogP contribution in [0.2, 0.25) is 5.02 Å². The molecule has 19 heavy (non-hydrogen) atoms. The zero-order chi connectivity index (χ0) is 13.4. The molecule has 0 spiro atoms. The maximum absolute atomic E-state index is 11.9. The summed E-state index contributed by atoms with van der Waals surface area (Å²) in [6.45, 7) is 1.79. The zero-order valence-electron chi connectivity index (χ0n) is 10.3. The van der Waals surface area contributed by atoms with Crippen LogP contribution in [-0.4, -0.2) is 24.9 Å². The van der Waals surface area contributed by atoms with Crippen LogP contribution in [0.1, 0.15) is 12.0 Å². The van der Waals surface area contributed by atoms with Gasteiger partial charge < -0.3 is 16.0 Å². The van der Waals surface area contributed by atoms with Crippen LogP contribution < -0.4 is 16.0 Å². The van der Waals surface area contributed by atoms with Gasteiger partial charge in [-0.15, -0.1) is 0 Å². The van der Waals surface area contributed by atoms with E-state index in [1.807, 2.05) is 0 Å². The lowest BCUT2D eigenvalue weighted by Crippen LogP contribution is -2.43. The van der Waals surface area contributed by atoms with Crippen LogP contribution in [-0.2, 0) is 16.0 Å². The van der Waals surface area contributed by atoms with Gasteiger partial charge in [-0.2, -0.15) is 0 Å². The summed E-state index contributed by atoms with van der Waals surface area (Å²) < 4.78 is 0. The smallest absolute Gasteiger partial charge is 0.228 e. The number of hydrogen-bond acceptors (Lipinski definition) is 3. The highest BCUT2D eigenvalue weighted by atomic mass is 35.5. The molecule has 1 aromatic carbocycles. The summed E-state index contributed by atoms with van der Waals surface area (Å²) in [5.74, 6) is 0.331. The number of hydrogen-bond donors (Lipinski definition) is 3. The van der Waals surface area contributed by atoms with E-state index < -0.39 is 0 Å². The summed E-state index contributed by atoms with van der Waals surface area (Å²) >= 11 is 6.11. The Hall–Kier alpha value is -1.59. The van der Waals surface area contributed by atoms with Gasteiger partial charge in [0.2, 0.25) is 11.8 Å². The van der Waals surface area contributed by atoms with Gasteiger partial charge in [0.25, 0.3) is 0 Å². The van der Waals surface area contributed by atoms with E-state index in [0.717, 1.165) is 24.3 Å². The largest absolute Gasteiger partial charge is 0.325 e. The van der Waals surface area contributed by atoms with Gasteiger partial charge in [0.1, 0.15) is 0 Å². The molecule has 6 heteroatoms. The summed E-state index contributed by atoms with van der Waals surface area (Å²) in [5.41, 5.74) is 2.18. The van der Waals surface area contributed by atoms with Crippen LogP contribution in [0.3, 0.4) is 0 Å². The molecule has 100 valence electrons. The van der Waals surface area contributed by atoms with Crippen molar-refractivity contribution in [3.05, 3.63) is 22.7 Å². The van der Waals surface area contributed by atoms with Crippen LogP contribution in [0, 0.1) is 5.92 Å². The minimum absolute atomic E-state index is 0.0365. The quantitative estimate of drug-likeness (QED) is 0.783. The first-order valence-electron chi connectivity index (χ1n) is 6.24. The van der Waals surface area contributed by atoms with Crippen LogP contribution >= 0.6 is 11.6 Å². The molecule has 0 atom stereocenters. The number of anilines is 2. The lowest BCUT2D eigenvalue weighted by atomic mass is 9.99. The van der Waals surface area contributed by atoms with E-state index >= 15 is 0 Å². The van der Waals surface area contributed by atoms with Crippen molar-refractivity contribution >= 4 is 34.8 Å². The maximum Gasteiger partial charge on any atom is 0.228 e. The molecule has 5 nitrogen and oxygen atoms in total. The van der Waals surface area contributed by atoms with E-state index in [-0.39, 0.29) is 11.8 Å². The summed E-state index contributed by atoms with van der Waals surface area (Å²) in [6, 6.07) is 3.45. The molecule has 1 fully saturated rings. The van der Waals surface area contributed by atoms with Gasteiger partial charge in [-0.05, 0) is 36.7 Å². The molecule has 0 unspecified atom stereocenters. The minimum Gasteiger partial charge on any atom is -0.325 e. The summed E-state index contributed by atoms with van der Waals surface area (Å²) in [4.78, 5) is 23.1. The first kappa shape index (κ1) is 12.4. The number of rotatable bonds is 3. The van der Waals surface area contributed by atoms with Crippen molar-refractivity contribution < 1.29 is 9.59 Å². The molecule has 0 bridgehead atoms. The fourth-order valence-corrected chi connectivity index (χ4v) is 2.51. The molecule has 3 N–H and O–H groups in total. The van der Waals surface area contributed by atoms with Gasteiger partial charge in [-0.1, -0.05) is 11.6 Å². The molecule has 2 amide bonds. The van der Waals surface area contributed by atoms with Crippen LogP contribution in [0.25, 0.3) is 0 Å². The average molecular weight is 280 g/mol. The predicted molar refractivity (Wildman–Crippen MR) is 73.4 cm³/mol. The molecule has 0 aliphatic carbocycles. The Morgan fingerprint density at radius 2 is 2.21 bits per heavy atom.